The summed E-state index contributed by atoms with van der Waals surface area (Å²) in [6.45, 7) is 2.14. The van der Waals surface area contributed by atoms with E-state index in [1.54, 1.807) is 0 Å². The largest absolute Gasteiger partial charge is 0.349 e. The minimum atomic E-state index is 0.0648. The van der Waals surface area contributed by atoms with Gasteiger partial charge in [0.2, 0.25) is 0 Å². The van der Waals surface area contributed by atoms with Gasteiger partial charge in [-0.25, -0.2) is 0 Å². The van der Waals surface area contributed by atoms with Crippen LogP contribution in [0.1, 0.15) is 26.2 Å². The van der Waals surface area contributed by atoms with Crippen LogP contribution in [0.15, 0.2) is 0 Å². The maximum absolute atomic E-state index is 5.46. The van der Waals surface area contributed by atoms with Crippen molar-refractivity contribution in [1.82, 2.24) is 0 Å². The van der Waals surface area contributed by atoms with Gasteiger partial charge in [0.05, 0.1) is 12.2 Å². The average Bonchev–Trinajstić information content (AvgIpc) is 1.87. The molecule has 2 bridgehead atoms. The molecule has 56 valence electrons. The Morgan fingerprint density at radius 3 is 2.50 bits per heavy atom. The van der Waals surface area contributed by atoms with E-state index in [4.69, 9.17) is 9.47 Å². The summed E-state index contributed by atoms with van der Waals surface area (Å²) < 4.78 is 10.9. The van der Waals surface area contributed by atoms with E-state index in [1.807, 2.05) is 0 Å². The lowest BCUT2D eigenvalue weighted by atomic mass is 9.90. The molecule has 3 fully saturated rings. The first-order valence-electron chi connectivity index (χ1n) is 3.95. The number of ether oxygens (including phenoxy) is 2. The summed E-state index contributed by atoms with van der Waals surface area (Å²) in [4.78, 5) is 0. The van der Waals surface area contributed by atoms with E-state index >= 15 is 0 Å². The van der Waals surface area contributed by atoms with Crippen LogP contribution in [0, 0.1) is 6.42 Å². The molecule has 2 radical (unpaired) electrons. The summed E-state index contributed by atoms with van der Waals surface area (Å²) in [7, 11) is 0. The van der Waals surface area contributed by atoms with Crippen molar-refractivity contribution in [2.75, 3.05) is 0 Å². The third-order valence-corrected chi connectivity index (χ3v) is 1.96. The zero-order valence-electron chi connectivity index (χ0n) is 6.17. The Hall–Kier alpha value is -0.0800. The van der Waals surface area contributed by atoms with Crippen molar-refractivity contribution < 1.29 is 9.47 Å². The highest BCUT2D eigenvalue weighted by Crippen LogP contribution is 2.34. The van der Waals surface area contributed by atoms with E-state index in [9.17, 15) is 0 Å². The molecule has 2 nitrogen and oxygen atoms in total. The van der Waals surface area contributed by atoms with Gasteiger partial charge in [0.15, 0.2) is 6.29 Å². The zero-order chi connectivity index (χ0) is 6.97. The first-order valence-corrected chi connectivity index (χ1v) is 3.95. The highest BCUT2D eigenvalue weighted by atomic mass is 16.7. The predicted octanol–water partition coefficient (Wildman–Crippen LogP) is 1.38. The minimum Gasteiger partial charge on any atom is -0.349 e. The van der Waals surface area contributed by atoms with Crippen molar-refractivity contribution in [3.05, 3.63) is 6.42 Å². The highest BCUT2D eigenvalue weighted by molar-refractivity contribution is 5.02. The van der Waals surface area contributed by atoms with Crippen LogP contribution in [0.3, 0.4) is 0 Å². The Balaban J connectivity index is 1.80. The molecular weight excluding hydrogens is 128 g/mol. The van der Waals surface area contributed by atoms with Gasteiger partial charge in [0.25, 0.3) is 0 Å². The van der Waals surface area contributed by atoms with Gasteiger partial charge in [0.1, 0.15) is 0 Å². The van der Waals surface area contributed by atoms with Crippen molar-refractivity contribution in [3.8, 4) is 0 Å². The molecule has 2 aliphatic heterocycles. The van der Waals surface area contributed by atoms with Gasteiger partial charge >= 0.3 is 0 Å². The molecule has 1 aliphatic carbocycles. The van der Waals surface area contributed by atoms with Crippen molar-refractivity contribution >= 4 is 0 Å². The molecule has 0 spiro atoms. The monoisotopic (exact) mass is 140 g/mol. The van der Waals surface area contributed by atoms with Crippen molar-refractivity contribution in [3.63, 3.8) is 0 Å². The summed E-state index contributed by atoms with van der Waals surface area (Å²) >= 11 is 0. The van der Waals surface area contributed by atoms with Gasteiger partial charge in [-0.3, -0.25) is 0 Å². The van der Waals surface area contributed by atoms with Crippen LogP contribution in [0.2, 0.25) is 0 Å². The summed E-state index contributed by atoms with van der Waals surface area (Å²) in [6.07, 6.45) is 6.94. The smallest absolute Gasteiger partial charge is 0.158 e. The fraction of sp³-hybridized carbons (Fsp3) is 0.875. The van der Waals surface area contributed by atoms with Crippen LogP contribution in [0.25, 0.3) is 0 Å². The molecule has 0 amide bonds. The second-order valence-electron chi connectivity index (χ2n) is 2.87. The first kappa shape index (κ1) is 6.62. The second kappa shape index (κ2) is 2.51. The topological polar surface area (TPSA) is 18.5 Å². The Morgan fingerprint density at radius 1 is 1.40 bits per heavy atom. The SMILES string of the molecule is CCCC1OC2[C]C(C2)O1. The normalized spacial score (nSPS) is 44.7. The van der Waals surface area contributed by atoms with Crippen LogP contribution in [-0.4, -0.2) is 18.5 Å². The molecule has 2 heteroatoms. The second-order valence-corrected chi connectivity index (χ2v) is 2.87. The highest BCUT2D eigenvalue weighted by Gasteiger charge is 2.40. The molecule has 2 heterocycles. The molecule has 2 saturated heterocycles. The molecule has 0 aromatic rings. The fourth-order valence-corrected chi connectivity index (χ4v) is 1.34. The zero-order valence-corrected chi connectivity index (χ0v) is 6.17. The van der Waals surface area contributed by atoms with Gasteiger partial charge in [-0.05, 0) is 6.42 Å². The van der Waals surface area contributed by atoms with Gasteiger partial charge < -0.3 is 9.47 Å². The molecule has 2 unspecified atom stereocenters. The van der Waals surface area contributed by atoms with Crippen LogP contribution in [-0.2, 0) is 9.47 Å². The lowest BCUT2D eigenvalue weighted by Gasteiger charge is -2.44. The standard InChI is InChI=1S/C8H12O2/c1-2-3-8-9-6-4-7(5-6)10-8/h6-8H,2-4H2,1H3. The maximum Gasteiger partial charge on any atom is 0.158 e. The Kier molecular flexibility index (Phi) is 1.66. The Morgan fingerprint density at radius 2 is 2.00 bits per heavy atom. The van der Waals surface area contributed by atoms with Crippen molar-refractivity contribution in [1.29, 1.82) is 0 Å². The molecule has 3 aliphatic rings. The van der Waals surface area contributed by atoms with E-state index in [0.29, 0.717) is 0 Å². The number of hydrogen-bond acceptors (Lipinski definition) is 2. The molecular formula is C8H12O2. The molecule has 10 heavy (non-hydrogen) atoms. The predicted molar refractivity (Wildman–Crippen MR) is 36.3 cm³/mol. The van der Waals surface area contributed by atoms with Crippen LogP contribution in [0.5, 0.6) is 0 Å². The summed E-state index contributed by atoms with van der Waals surface area (Å²) in [5.74, 6) is 0. The third-order valence-electron chi connectivity index (χ3n) is 1.96. The van der Waals surface area contributed by atoms with E-state index in [0.717, 1.165) is 19.3 Å². The van der Waals surface area contributed by atoms with Crippen LogP contribution < -0.4 is 0 Å². The van der Waals surface area contributed by atoms with Crippen LogP contribution >= 0.6 is 0 Å². The van der Waals surface area contributed by atoms with Gasteiger partial charge in [0, 0.05) is 12.8 Å². The average molecular weight is 140 g/mol. The first-order chi connectivity index (χ1) is 4.88. The molecule has 1 saturated carbocycles. The van der Waals surface area contributed by atoms with Gasteiger partial charge in [-0.1, -0.05) is 13.3 Å². The van der Waals surface area contributed by atoms with E-state index in [2.05, 4.69) is 13.3 Å². The number of fused-ring (bicyclic) bond motifs is 2. The lowest BCUT2D eigenvalue weighted by molar-refractivity contribution is -0.272. The number of hydrogen-bond donors (Lipinski definition) is 0. The van der Waals surface area contributed by atoms with E-state index in [1.165, 1.54) is 0 Å². The minimum absolute atomic E-state index is 0.0648. The lowest BCUT2D eigenvalue weighted by Crippen LogP contribution is -2.49. The summed E-state index contributed by atoms with van der Waals surface area (Å²) in [5.41, 5.74) is 0. The van der Waals surface area contributed by atoms with Gasteiger partial charge in [-0.2, -0.15) is 0 Å². The third kappa shape index (κ3) is 1.06. The number of rotatable bonds is 2. The van der Waals surface area contributed by atoms with E-state index in [-0.39, 0.29) is 18.5 Å². The van der Waals surface area contributed by atoms with Crippen molar-refractivity contribution in [2.45, 2.75) is 44.7 Å². The molecule has 0 aromatic heterocycles. The van der Waals surface area contributed by atoms with Crippen molar-refractivity contribution in [2.24, 2.45) is 0 Å². The fourth-order valence-electron chi connectivity index (χ4n) is 1.34. The molecule has 0 aromatic carbocycles. The van der Waals surface area contributed by atoms with Gasteiger partial charge in [-0.15, -0.1) is 0 Å². The Labute approximate surface area is 61.5 Å². The van der Waals surface area contributed by atoms with E-state index < -0.39 is 0 Å². The molecule has 3 rings (SSSR count). The molecule has 2 atom stereocenters. The molecule has 0 N–H and O–H groups in total. The summed E-state index contributed by atoms with van der Waals surface area (Å²) in [6, 6.07) is 0. The van der Waals surface area contributed by atoms with Crippen LogP contribution in [0.4, 0.5) is 0 Å². The quantitative estimate of drug-likeness (QED) is 0.577. The summed E-state index contributed by atoms with van der Waals surface area (Å²) in [5, 5.41) is 0. The Bertz CT molecular complexity index is 108. The maximum atomic E-state index is 5.46.